The SMILES string of the molecule is CC(C)c1ccc(F)c2scnc12. The summed E-state index contributed by atoms with van der Waals surface area (Å²) in [5, 5.41) is 0. The van der Waals surface area contributed by atoms with Gasteiger partial charge in [0.25, 0.3) is 0 Å². The summed E-state index contributed by atoms with van der Waals surface area (Å²) < 4.78 is 13.9. The summed E-state index contributed by atoms with van der Waals surface area (Å²) >= 11 is 1.36. The van der Waals surface area contributed by atoms with E-state index < -0.39 is 0 Å². The number of nitrogens with zero attached hydrogens (tertiary/aromatic N) is 1. The maximum Gasteiger partial charge on any atom is 0.142 e. The molecule has 0 bridgehead atoms. The fourth-order valence-corrected chi connectivity index (χ4v) is 2.13. The number of benzene rings is 1. The largest absolute Gasteiger partial charge is 0.244 e. The average Bonchev–Trinajstić information content (AvgIpc) is 2.53. The smallest absolute Gasteiger partial charge is 0.142 e. The van der Waals surface area contributed by atoms with Crippen molar-refractivity contribution in [3.8, 4) is 0 Å². The van der Waals surface area contributed by atoms with Crippen LogP contribution in [0.4, 0.5) is 4.39 Å². The van der Waals surface area contributed by atoms with Gasteiger partial charge in [0.1, 0.15) is 5.82 Å². The molecule has 0 radical (unpaired) electrons. The van der Waals surface area contributed by atoms with E-state index in [1.165, 1.54) is 17.4 Å². The van der Waals surface area contributed by atoms with Gasteiger partial charge in [-0.2, -0.15) is 0 Å². The quantitative estimate of drug-likeness (QED) is 0.678. The topological polar surface area (TPSA) is 12.9 Å². The van der Waals surface area contributed by atoms with Crippen LogP contribution >= 0.6 is 11.3 Å². The number of hydrogen-bond donors (Lipinski definition) is 0. The lowest BCUT2D eigenvalue weighted by atomic mass is 10.0. The molecule has 0 aliphatic heterocycles. The van der Waals surface area contributed by atoms with Gasteiger partial charge in [-0.1, -0.05) is 19.9 Å². The molecule has 0 fully saturated rings. The van der Waals surface area contributed by atoms with Crippen molar-refractivity contribution in [3.05, 3.63) is 29.0 Å². The van der Waals surface area contributed by atoms with Crippen molar-refractivity contribution in [2.75, 3.05) is 0 Å². The first kappa shape index (κ1) is 8.63. The third kappa shape index (κ3) is 1.33. The monoisotopic (exact) mass is 195 g/mol. The molecular weight excluding hydrogens is 185 g/mol. The van der Waals surface area contributed by atoms with Crippen molar-refractivity contribution in [3.63, 3.8) is 0 Å². The molecule has 0 N–H and O–H groups in total. The van der Waals surface area contributed by atoms with Gasteiger partial charge in [0, 0.05) is 0 Å². The molecule has 0 atom stereocenters. The highest BCUT2D eigenvalue weighted by Gasteiger charge is 2.10. The Kier molecular flexibility index (Phi) is 2.04. The summed E-state index contributed by atoms with van der Waals surface area (Å²) in [6.45, 7) is 4.18. The Morgan fingerprint density at radius 3 is 2.85 bits per heavy atom. The zero-order valence-electron chi connectivity index (χ0n) is 7.54. The molecule has 0 spiro atoms. The van der Waals surface area contributed by atoms with Gasteiger partial charge in [0.05, 0.1) is 15.7 Å². The lowest BCUT2D eigenvalue weighted by Gasteiger charge is -2.05. The Morgan fingerprint density at radius 2 is 2.15 bits per heavy atom. The Labute approximate surface area is 80.2 Å². The second-order valence-electron chi connectivity index (χ2n) is 3.32. The first-order chi connectivity index (χ1) is 6.20. The van der Waals surface area contributed by atoms with Crippen molar-refractivity contribution in [1.82, 2.24) is 4.98 Å². The molecule has 3 heteroatoms. The van der Waals surface area contributed by atoms with Crippen molar-refractivity contribution in [1.29, 1.82) is 0 Å². The molecule has 2 rings (SSSR count). The van der Waals surface area contributed by atoms with Gasteiger partial charge in [0.2, 0.25) is 0 Å². The third-order valence-electron chi connectivity index (χ3n) is 2.09. The maximum absolute atomic E-state index is 13.2. The summed E-state index contributed by atoms with van der Waals surface area (Å²) in [6.07, 6.45) is 0. The van der Waals surface area contributed by atoms with Gasteiger partial charge in [0.15, 0.2) is 0 Å². The van der Waals surface area contributed by atoms with Gasteiger partial charge < -0.3 is 0 Å². The van der Waals surface area contributed by atoms with Crippen LogP contribution in [0.3, 0.4) is 0 Å². The summed E-state index contributed by atoms with van der Waals surface area (Å²) in [6, 6.07) is 3.35. The molecular formula is C10H10FNS. The summed E-state index contributed by atoms with van der Waals surface area (Å²) in [4.78, 5) is 4.18. The average molecular weight is 195 g/mol. The zero-order chi connectivity index (χ0) is 9.42. The van der Waals surface area contributed by atoms with Crippen LogP contribution in [0.2, 0.25) is 0 Å². The summed E-state index contributed by atoms with van der Waals surface area (Å²) in [5.41, 5.74) is 3.64. The third-order valence-corrected chi connectivity index (χ3v) is 2.92. The van der Waals surface area contributed by atoms with Crippen LogP contribution in [-0.2, 0) is 0 Å². The van der Waals surface area contributed by atoms with Gasteiger partial charge in [-0.3, -0.25) is 0 Å². The van der Waals surface area contributed by atoms with Crippen LogP contribution in [0, 0.1) is 5.82 Å². The fraction of sp³-hybridized carbons (Fsp3) is 0.300. The van der Waals surface area contributed by atoms with E-state index in [0.29, 0.717) is 10.6 Å². The lowest BCUT2D eigenvalue weighted by molar-refractivity contribution is 0.640. The number of rotatable bonds is 1. The molecule has 0 saturated heterocycles. The van der Waals surface area contributed by atoms with Crippen molar-refractivity contribution >= 4 is 21.6 Å². The molecule has 1 heterocycles. The van der Waals surface area contributed by atoms with Gasteiger partial charge in [-0.25, -0.2) is 9.37 Å². The van der Waals surface area contributed by atoms with E-state index >= 15 is 0 Å². The molecule has 1 aromatic carbocycles. The molecule has 1 aromatic heterocycles. The predicted octanol–water partition coefficient (Wildman–Crippen LogP) is 3.56. The van der Waals surface area contributed by atoms with Crippen LogP contribution < -0.4 is 0 Å². The maximum atomic E-state index is 13.2. The fourth-order valence-electron chi connectivity index (χ4n) is 1.40. The number of halogens is 1. The standard InChI is InChI=1S/C10H10FNS/c1-6(2)7-3-4-8(11)10-9(7)12-5-13-10/h3-6H,1-2H3. The van der Waals surface area contributed by atoms with E-state index in [4.69, 9.17) is 0 Å². The Balaban J connectivity index is 2.78. The number of fused-ring (bicyclic) bond motifs is 1. The molecule has 0 aliphatic carbocycles. The summed E-state index contributed by atoms with van der Waals surface area (Å²) in [5.74, 6) is 0.229. The van der Waals surface area contributed by atoms with E-state index in [9.17, 15) is 4.39 Å². The van der Waals surface area contributed by atoms with Crippen molar-refractivity contribution in [2.24, 2.45) is 0 Å². The molecule has 0 amide bonds. The van der Waals surface area contributed by atoms with Gasteiger partial charge >= 0.3 is 0 Å². The molecule has 1 nitrogen and oxygen atoms in total. The minimum atomic E-state index is -0.165. The lowest BCUT2D eigenvalue weighted by Crippen LogP contribution is -1.89. The van der Waals surface area contributed by atoms with Crippen molar-refractivity contribution in [2.45, 2.75) is 19.8 Å². The molecule has 0 saturated carbocycles. The second-order valence-corrected chi connectivity index (χ2v) is 4.18. The Bertz CT molecular complexity index is 433. The first-order valence-electron chi connectivity index (χ1n) is 4.21. The highest BCUT2D eigenvalue weighted by molar-refractivity contribution is 7.16. The predicted molar refractivity (Wildman–Crippen MR) is 53.7 cm³/mol. The van der Waals surface area contributed by atoms with Crippen LogP contribution in [0.15, 0.2) is 17.6 Å². The number of thiazole rings is 1. The van der Waals surface area contributed by atoms with E-state index in [0.717, 1.165) is 11.1 Å². The Hall–Kier alpha value is -0.960. The number of aromatic nitrogens is 1. The van der Waals surface area contributed by atoms with E-state index in [2.05, 4.69) is 18.8 Å². The van der Waals surface area contributed by atoms with E-state index in [1.54, 1.807) is 5.51 Å². The highest BCUT2D eigenvalue weighted by Crippen LogP contribution is 2.28. The Morgan fingerprint density at radius 1 is 1.38 bits per heavy atom. The normalized spacial score (nSPS) is 11.4. The highest BCUT2D eigenvalue weighted by atomic mass is 32.1. The van der Waals surface area contributed by atoms with Crippen LogP contribution in [0.5, 0.6) is 0 Å². The minimum absolute atomic E-state index is 0.165. The van der Waals surface area contributed by atoms with E-state index in [-0.39, 0.29) is 5.82 Å². The second kappa shape index (κ2) is 3.07. The molecule has 68 valence electrons. The van der Waals surface area contributed by atoms with Gasteiger partial charge in [-0.05, 0) is 17.5 Å². The zero-order valence-corrected chi connectivity index (χ0v) is 8.36. The molecule has 0 aliphatic rings. The van der Waals surface area contributed by atoms with Crippen LogP contribution in [0.25, 0.3) is 10.2 Å². The minimum Gasteiger partial charge on any atom is -0.244 e. The first-order valence-corrected chi connectivity index (χ1v) is 5.09. The van der Waals surface area contributed by atoms with Crippen molar-refractivity contribution < 1.29 is 4.39 Å². The molecule has 13 heavy (non-hydrogen) atoms. The number of hydrogen-bond acceptors (Lipinski definition) is 2. The van der Waals surface area contributed by atoms with Gasteiger partial charge in [-0.15, -0.1) is 11.3 Å². The van der Waals surface area contributed by atoms with Crippen LogP contribution in [0.1, 0.15) is 25.3 Å². The van der Waals surface area contributed by atoms with Crippen LogP contribution in [-0.4, -0.2) is 4.98 Å². The molecule has 2 aromatic rings. The molecule has 0 unspecified atom stereocenters. The van der Waals surface area contributed by atoms with E-state index in [1.807, 2.05) is 6.07 Å². The summed E-state index contributed by atoms with van der Waals surface area (Å²) in [7, 11) is 0.